The molecule has 2 saturated carbocycles. The van der Waals surface area contributed by atoms with Crippen LogP contribution in [0, 0.1) is 29.5 Å². The van der Waals surface area contributed by atoms with Gasteiger partial charge >= 0.3 is 5.97 Å². The Kier molecular flexibility index (Phi) is 7.78. The Balaban J connectivity index is 1.19. The maximum Gasteiger partial charge on any atom is 0.339 e. The number of hydrogen-bond donors (Lipinski definition) is 0. The first-order valence-corrected chi connectivity index (χ1v) is 16.2. The van der Waals surface area contributed by atoms with Gasteiger partial charge in [0.2, 0.25) is 17.6 Å². The van der Waals surface area contributed by atoms with Crippen molar-refractivity contribution in [1.29, 1.82) is 0 Å². The molecule has 0 spiro atoms. The number of esters is 1. The molecule has 0 unspecified atom stereocenters. The second-order valence-corrected chi connectivity index (χ2v) is 13.2. The third kappa shape index (κ3) is 5.25. The number of pyridine rings is 1. The number of carbonyl (C=O) groups is 4. The highest BCUT2D eigenvalue weighted by Gasteiger charge is 2.61. The molecule has 2 aliphatic carbocycles. The van der Waals surface area contributed by atoms with Gasteiger partial charge in [0.1, 0.15) is 5.82 Å². The molecule has 4 aromatic rings. The zero-order valence-electron chi connectivity index (χ0n) is 23.9. The molecule has 2 bridgehead atoms. The number of aromatic nitrogens is 1. The number of ether oxygens (including phenoxy) is 1. The van der Waals surface area contributed by atoms with Crippen LogP contribution in [0.3, 0.4) is 0 Å². The van der Waals surface area contributed by atoms with E-state index in [1.807, 2.05) is 0 Å². The van der Waals surface area contributed by atoms with Crippen LogP contribution in [-0.2, 0) is 14.3 Å². The first-order valence-electron chi connectivity index (χ1n) is 14.9. The Morgan fingerprint density at radius 1 is 0.956 bits per heavy atom. The van der Waals surface area contributed by atoms with Crippen LogP contribution in [0.5, 0.6) is 0 Å². The van der Waals surface area contributed by atoms with E-state index in [2.05, 4.69) is 15.9 Å². The Morgan fingerprint density at radius 3 is 2.27 bits per heavy atom. The van der Waals surface area contributed by atoms with Gasteiger partial charge in [0.05, 0.1) is 34.3 Å². The molecule has 2 amide bonds. The number of amides is 2. The smallest absolute Gasteiger partial charge is 0.339 e. The van der Waals surface area contributed by atoms with E-state index < -0.39 is 23.7 Å². The molecular formula is C35H27BrClFN2O5. The second-order valence-electron chi connectivity index (χ2n) is 11.9. The van der Waals surface area contributed by atoms with Crippen molar-refractivity contribution in [3.05, 3.63) is 94.2 Å². The number of hydrogen-bond acceptors (Lipinski definition) is 6. The molecule has 7 nitrogen and oxygen atoms in total. The van der Waals surface area contributed by atoms with Gasteiger partial charge in [0, 0.05) is 33.3 Å². The van der Waals surface area contributed by atoms with Gasteiger partial charge < -0.3 is 4.74 Å². The number of alkyl halides is 1. The normalized spacial score (nSPS) is 22.6. The molecule has 45 heavy (non-hydrogen) atoms. The lowest BCUT2D eigenvalue weighted by atomic mass is 9.81. The first kappa shape index (κ1) is 29.7. The predicted octanol–water partition coefficient (Wildman–Crippen LogP) is 7.38. The number of carbonyl (C=O) groups excluding carboxylic acids is 4. The summed E-state index contributed by atoms with van der Waals surface area (Å²) in [5.41, 5.74) is 2.58. The van der Waals surface area contributed by atoms with E-state index in [0.717, 1.165) is 23.7 Å². The molecule has 1 aliphatic heterocycles. The number of halogens is 3. The molecule has 1 saturated heterocycles. The number of imide groups is 1. The lowest BCUT2D eigenvalue weighted by Gasteiger charge is -2.19. The molecule has 0 radical (unpaired) electrons. The summed E-state index contributed by atoms with van der Waals surface area (Å²) in [4.78, 5) is 59.6. The number of rotatable bonds is 8. The van der Waals surface area contributed by atoms with Gasteiger partial charge in [-0.25, -0.2) is 14.2 Å². The average molecular weight is 690 g/mol. The molecule has 0 N–H and O–H groups in total. The van der Waals surface area contributed by atoms with Gasteiger partial charge in [-0.15, -0.1) is 11.6 Å². The van der Waals surface area contributed by atoms with Crippen LogP contribution in [0.15, 0.2) is 77.3 Å². The minimum atomic E-state index is -1.18. The monoisotopic (exact) mass is 688 g/mol. The summed E-state index contributed by atoms with van der Waals surface area (Å²) in [7, 11) is 0. The topological polar surface area (TPSA) is 93.6 Å². The van der Waals surface area contributed by atoms with Gasteiger partial charge in [-0.3, -0.25) is 19.3 Å². The number of Topliss-reactive ketones (excluding diaryl/α,β-unsaturated/α-hetero) is 1. The Bertz CT molecular complexity index is 1840. The van der Waals surface area contributed by atoms with Crippen LogP contribution in [0.25, 0.3) is 22.2 Å². The van der Waals surface area contributed by atoms with Crippen LogP contribution in [0.4, 0.5) is 10.1 Å². The molecule has 3 fully saturated rings. The van der Waals surface area contributed by atoms with Crippen molar-refractivity contribution >= 4 is 67.7 Å². The van der Waals surface area contributed by atoms with E-state index in [9.17, 15) is 23.6 Å². The van der Waals surface area contributed by atoms with E-state index in [0.29, 0.717) is 39.7 Å². The van der Waals surface area contributed by atoms with E-state index in [4.69, 9.17) is 21.3 Å². The summed E-state index contributed by atoms with van der Waals surface area (Å²) in [6.07, 6.45) is 1.89. The predicted molar refractivity (Wildman–Crippen MR) is 170 cm³/mol. The summed E-state index contributed by atoms with van der Waals surface area (Å²) in [6, 6.07) is 19.0. The lowest BCUT2D eigenvalue weighted by molar-refractivity contribution is -0.123. The summed E-state index contributed by atoms with van der Waals surface area (Å²) < 4.78 is 19.9. The highest BCUT2D eigenvalue weighted by Crippen LogP contribution is 2.56. The van der Waals surface area contributed by atoms with Gasteiger partial charge in [-0.05, 0) is 91.8 Å². The maximum atomic E-state index is 13.7. The number of benzene rings is 3. The van der Waals surface area contributed by atoms with Crippen LogP contribution < -0.4 is 4.90 Å². The largest absolute Gasteiger partial charge is 0.450 e. The standard InChI is InChI=1S/C35H27BrClFN2O5/c36-22-7-12-27-25(16-22)26(35(44)45-29(13-14-37)32(41)19-3-8-23(38)9-4-19)17-28(39-27)18-5-10-24(11-6-18)40-33(42)30-20-1-2-21(15-20)31(30)34(40)43/h3-12,16-17,20-21,29-31H,1-2,13-15H2/t20-,21+,29-,30-,31+/m1/s1. The summed E-state index contributed by atoms with van der Waals surface area (Å²) in [6.45, 7) is 0. The van der Waals surface area contributed by atoms with Gasteiger partial charge in [-0.1, -0.05) is 28.1 Å². The molecular weight excluding hydrogens is 663 g/mol. The highest BCUT2D eigenvalue weighted by atomic mass is 79.9. The van der Waals surface area contributed by atoms with E-state index in [1.165, 1.54) is 29.2 Å². The van der Waals surface area contributed by atoms with E-state index in [-0.39, 0.29) is 47.1 Å². The third-order valence-electron chi connectivity index (χ3n) is 9.38. The second kappa shape index (κ2) is 11.8. The van der Waals surface area contributed by atoms with Crippen molar-refractivity contribution < 1.29 is 28.3 Å². The number of ketones is 1. The number of nitrogens with zero attached hydrogens (tertiary/aromatic N) is 2. The van der Waals surface area contributed by atoms with Crippen LogP contribution in [-0.4, -0.2) is 40.5 Å². The van der Waals surface area contributed by atoms with Crippen molar-refractivity contribution in [1.82, 2.24) is 4.98 Å². The van der Waals surface area contributed by atoms with Crippen molar-refractivity contribution in [3.63, 3.8) is 0 Å². The fraction of sp³-hybridized carbons (Fsp3) is 0.286. The third-order valence-corrected chi connectivity index (χ3v) is 10.1. The molecule has 1 aromatic heterocycles. The summed E-state index contributed by atoms with van der Waals surface area (Å²) >= 11 is 9.41. The van der Waals surface area contributed by atoms with Gasteiger partial charge in [0.25, 0.3) is 0 Å². The summed E-state index contributed by atoms with van der Waals surface area (Å²) in [5.74, 6) is -1.66. The lowest BCUT2D eigenvalue weighted by Crippen LogP contribution is -2.32. The van der Waals surface area contributed by atoms with Crippen LogP contribution in [0.2, 0.25) is 0 Å². The molecule has 10 heteroatoms. The minimum Gasteiger partial charge on any atom is -0.450 e. The van der Waals surface area contributed by atoms with Crippen LogP contribution in [0.1, 0.15) is 46.4 Å². The Morgan fingerprint density at radius 2 is 1.62 bits per heavy atom. The van der Waals surface area contributed by atoms with Crippen molar-refractivity contribution in [2.75, 3.05) is 10.8 Å². The molecule has 7 rings (SSSR count). The number of anilines is 1. The van der Waals surface area contributed by atoms with Crippen molar-refractivity contribution in [2.45, 2.75) is 31.8 Å². The fourth-order valence-electron chi connectivity index (χ4n) is 7.29. The quantitative estimate of drug-likeness (QED) is 0.0830. The van der Waals surface area contributed by atoms with Crippen molar-refractivity contribution in [2.24, 2.45) is 23.7 Å². The van der Waals surface area contributed by atoms with E-state index >= 15 is 0 Å². The fourth-order valence-corrected chi connectivity index (χ4v) is 7.85. The molecule has 2 heterocycles. The minimum absolute atomic E-state index is 0.0654. The highest BCUT2D eigenvalue weighted by molar-refractivity contribution is 9.10. The van der Waals surface area contributed by atoms with Crippen molar-refractivity contribution in [3.8, 4) is 11.3 Å². The Hall–Kier alpha value is -3.95. The molecule has 5 atom stereocenters. The molecule has 3 aliphatic rings. The first-order chi connectivity index (χ1) is 21.7. The zero-order chi connectivity index (χ0) is 31.4. The zero-order valence-corrected chi connectivity index (χ0v) is 26.3. The molecule has 228 valence electrons. The SMILES string of the molecule is O=C(O[C@H](CCCl)C(=O)c1ccc(F)cc1)c1cc(-c2ccc(N3C(=O)[C@@H]4[C@@H]5CC[C@@H](C5)[C@@H]4C3=O)cc2)nc2ccc(Br)cc12. The van der Waals surface area contributed by atoms with E-state index in [1.54, 1.807) is 48.5 Å². The summed E-state index contributed by atoms with van der Waals surface area (Å²) in [5, 5.41) is 0.517. The van der Waals surface area contributed by atoms with Gasteiger partial charge in [-0.2, -0.15) is 0 Å². The maximum absolute atomic E-state index is 13.7. The van der Waals surface area contributed by atoms with Crippen LogP contribution >= 0.6 is 27.5 Å². The average Bonchev–Trinajstić information content (AvgIpc) is 3.73. The molecule has 3 aromatic carbocycles. The number of fused-ring (bicyclic) bond motifs is 6. The van der Waals surface area contributed by atoms with Gasteiger partial charge in [0.15, 0.2) is 6.10 Å². The Labute approximate surface area is 271 Å².